The van der Waals surface area contributed by atoms with Gasteiger partial charge >= 0.3 is 5.97 Å². The number of fused-ring (bicyclic) bond motifs is 1. The summed E-state index contributed by atoms with van der Waals surface area (Å²) >= 11 is 0. The molecule has 3 rings (SSSR count). The Morgan fingerprint density at radius 1 is 1.05 bits per heavy atom. The lowest BCUT2D eigenvalue weighted by Gasteiger charge is -2.27. The molecule has 2 aliphatic rings. The van der Waals surface area contributed by atoms with Crippen molar-refractivity contribution in [2.24, 2.45) is 23.7 Å². The lowest BCUT2D eigenvalue weighted by molar-refractivity contribution is -0.145. The van der Waals surface area contributed by atoms with Gasteiger partial charge in [0.05, 0.1) is 23.4 Å². The lowest BCUT2D eigenvalue weighted by Crippen LogP contribution is -2.36. The van der Waals surface area contributed by atoms with Crippen LogP contribution < -0.4 is 4.90 Å². The van der Waals surface area contributed by atoms with Gasteiger partial charge in [0.25, 0.3) is 0 Å². The van der Waals surface area contributed by atoms with Gasteiger partial charge in [-0.1, -0.05) is 37.3 Å². The standard InChI is InChI=1S/C16H15NO4/c1-9-7-8-11(16(20)21)13-12(9)14(18)17(15(13)19)10-5-3-2-4-6-10/h2-9,11-13H,1H3,(H,20,21)/t9-,11+,12-,13-/m1/s1. The second-order valence-electron chi connectivity index (χ2n) is 5.51. The summed E-state index contributed by atoms with van der Waals surface area (Å²) in [4.78, 5) is 37.7. The van der Waals surface area contributed by atoms with Crippen molar-refractivity contribution in [1.82, 2.24) is 0 Å². The van der Waals surface area contributed by atoms with Crippen molar-refractivity contribution in [2.45, 2.75) is 6.92 Å². The van der Waals surface area contributed by atoms with E-state index < -0.39 is 29.6 Å². The summed E-state index contributed by atoms with van der Waals surface area (Å²) in [6.45, 7) is 1.84. The molecule has 0 spiro atoms. The fourth-order valence-corrected chi connectivity index (χ4v) is 3.24. The zero-order valence-electron chi connectivity index (χ0n) is 11.5. The van der Waals surface area contributed by atoms with Gasteiger partial charge in [0.1, 0.15) is 0 Å². The number of hydrogen-bond donors (Lipinski definition) is 1. The average molecular weight is 285 g/mol. The van der Waals surface area contributed by atoms with Crippen LogP contribution in [0.4, 0.5) is 5.69 Å². The maximum atomic E-state index is 12.6. The maximum Gasteiger partial charge on any atom is 0.311 e. The van der Waals surface area contributed by atoms with Crippen LogP contribution in [0.25, 0.3) is 0 Å². The number of imide groups is 1. The minimum Gasteiger partial charge on any atom is -0.481 e. The third-order valence-electron chi connectivity index (χ3n) is 4.27. The lowest BCUT2D eigenvalue weighted by atomic mass is 9.72. The molecule has 1 fully saturated rings. The van der Waals surface area contributed by atoms with E-state index in [9.17, 15) is 19.5 Å². The van der Waals surface area contributed by atoms with Crippen LogP contribution in [0.2, 0.25) is 0 Å². The first-order valence-electron chi connectivity index (χ1n) is 6.86. The molecule has 4 atom stereocenters. The van der Waals surface area contributed by atoms with Crippen LogP contribution in [0.3, 0.4) is 0 Å². The highest BCUT2D eigenvalue weighted by atomic mass is 16.4. The largest absolute Gasteiger partial charge is 0.481 e. The second-order valence-corrected chi connectivity index (χ2v) is 5.51. The number of para-hydroxylation sites is 1. The smallest absolute Gasteiger partial charge is 0.311 e. The van der Waals surface area contributed by atoms with E-state index >= 15 is 0 Å². The van der Waals surface area contributed by atoms with Gasteiger partial charge in [-0.3, -0.25) is 19.3 Å². The van der Waals surface area contributed by atoms with Crippen molar-refractivity contribution in [3.63, 3.8) is 0 Å². The van der Waals surface area contributed by atoms with Crippen LogP contribution in [0.5, 0.6) is 0 Å². The Balaban J connectivity index is 2.05. The van der Waals surface area contributed by atoms with Gasteiger partial charge in [-0.05, 0) is 18.1 Å². The summed E-state index contributed by atoms with van der Waals surface area (Å²) < 4.78 is 0. The van der Waals surface area contributed by atoms with Gasteiger partial charge in [-0.15, -0.1) is 0 Å². The molecule has 0 saturated carbocycles. The fraction of sp³-hybridized carbons (Fsp3) is 0.312. The average Bonchev–Trinajstić information content (AvgIpc) is 2.73. The van der Waals surface area contributed by atoms with Crippen molar-refractivity contribution in [3.05, 3.63) is 42.5 Å². The van der Waals surface area contributed by atoms with Gasteiger partial charge in [0.15, 0.2) is 0 Å². The molecular formula is C16H15NO4. The molecule has 5 nitrogen and oxygen atoms in total. The molecule has 1 N–H and O–H groups in total. The molecular weight excluding hydrogens is 270 g/mol. The normalized spacial score (nSPS) is 31.4. The van der Waals surface area contributed by atoms with E-state index in [-0.39, 0.29) is 11.8 Å². The van der Waals surface area contributed by atoms with Crippen molar-refractivity contribution in [3.8, 4) is 0 Å². The summed E-state index contributed by atoms with van der Waals surface area (Å²) in [5.41, 5.74) is 0.498. The minimum absolute atomic E-state index is 0.143. The van der Waals surface area contributed by atoms with E-state index in [4.69, 9.17) is 0 Å². The Kier molecular flexibility index (Phi) is 3.12. The summed E-state index contributed by atoms with van der Waals surface area (Å²) in [5.74, 6) is -4.27. The van der Waals surface area contributed by atoms with Gasteiger partial charge < -0.3 is 5.11 Å². The molecule has 21 heavy (non-hydrogen) atoms. The van der Waals surface area contributed by atoms with Crippen LogP contribution in [-0.4, -0.2) is 22.9 Å². The van der Waals surface area contributed by atoms with E-state index in [1.165, 1.54) is 6.08 Å². The quantitative estimate of drug-likeness (QED) is 0.663. The summed E-state index contributed by atoms with van der Waals surface area (Å²) in [6.07, 6.45) is 3.26. The number of amides is 2. The molecule has 108 valence electrons. The first-order chi connectivity index (χ1) is 10.0. The Labute approximate surface area is 121 Å². The minimum atomic E-state index is -1.07. The number of carboxylic acid groups (broad SMARTS) is 1. The summed E-state index contributed by atoms with van der Waals surface area (Å²) in [6, 6.07) is 8.65. The second kappa shape index (κ2) is 4.84. The predicted molar refractivity (Wildman–Crippen MR) is 75.3 cm³/mol. The van der Waals surface area contributed by atoms with Crippen LogP contribution >= 0.6 is 0 Å². The highest BCUT2D eigenvalue weighted by Gasteiger charge is 2.55. The van der Waals surface area contributed by atoms with E-state index in [0.717, 1.165) is 4.90 Å². The number of carbonyl (C=O) groups excluding carboxylic acids is 2. The molecule has 1 aliphatic heterocycles. The number of rotatable bonds is 2. The molecule has 2 amide bonds. The van der Waals surface area contributed by atoms with Gasteiger partial charge in [-0.25, -0.2) is 0 Å². The zero-order valence-corrected chi connectivity index (χ0v) is 11.5. The summed E-state index contributed by atoms with van der Waals surface area (Å²) in [7, 11) is 0. The number of carboxylic acids is 1. The molecule has 1 aliphatic carbocycles. The number of nitrogens with zero attached hydrogens (tertiary/aromatic N) is 1. The molecule has 1 aromatic carbocycles. The molecule has 0 radical (unpaired) electrons. The monoisotopic (exact) mass is 285 g/mol. The Hall–Kier alpha value is -2.43. The zero-order chi connectivity index (χ0) is 15.1. The van der Waals surface area contributed by atoms with E-state index in [1.54, 1.807) is 36.4 Å². The SMILES string of the molecule is C[C@@H]1C=C[C@H](C(=O)O)[C@H]2C(=O)N(c3ccccc3)C(=O)[C@@H]21. The first-order valence-corrected chi connectivity index (χ1v) is 6.86. The maximum absolute atomic E-state index is 12.6. The van der Waals surface area contributed by atoms with Crippen molar-refractivity contribution < 1.29 is 19.5 Å². The van der Waals surface area contributed by atoms with Crippen molar-refractivity contribution in [2.75, 3.05) is 4.90 Å². The molecule has 0 unspecified atom stereocenters. The topological polar surface area (TPSA) is 74.7 Å². The molecule has 1 saturated heterocycles. The highest BCUT2D eigenvalue weighted by Crippen LogP contribution is 2.43. The number of carbonyl (C=O) groups is 3. The third kappa shape index (κ3) is 1.96. The van der Waals surface area contributed by atoms with Crippen LogP contribution in [0, 0.1) is 23.7 Å². The predicted octanol–water partition coefficient (Wildman–Crippen LogP) is 1.70. The first kappa shape index (κ1) is 13.5. The van der Waals surface area contributed by atoms with E-state index in [2.05, 4.69) is 0 Å². The Morgan fingerprint density at radius 2 is 1.67 bits per heavy atom. The number of benzene rings is 1. The Bertz CT molecular complexity index is 637. The molecule has 1 aromatic rings. The highest BCUT2D eigenvalue weighted by molar-refractivity contribution is 6.23. The Morgan fingerprint density at radius 3 is 2.29 bits per heavy atom. The molecule has 5 heteroatoms. The third-order valence-corrected chi connectivity index (χ3v) is 4.27. The van der Waals surface area contributed by atoms with Crippen LogP contribution in [0.15, 0.2) is 42.5 Å². The number of allylic oxidation sites excluding steroid dienone is 1. The van der Waals surface area contributed by atoms with Crippen molar-refractivity contribution >= 4 is 23.5 Å². The number of aliphatic carboxylic acids is 1. The van der Waals surface area contributed by atoms with E-state index in [1.807, 2.05) is 6.92 Å². The fourth-order valence-electron chi connectivity index (χ4n) is 3.24. The number of hydrogen-bond acceptors (Lipinski definition) is 3. The summed E-state index contributed by atoms with van der Waals surface area (Å²) in [5, 5.41) is 9.30. The molecule has 0 aromatic heterocycles. The van der Waals surface area contributed by atoms with Crippen molar-refractivity contribution in [1.29, 1.82) is 0 Å². The molecule has 0 bridgehead atoms. The van der Waals surface area contributed by atoms with Gasteiger partial charge in [-0.2, -0.15) is 0 Å². The van der Waals surface area contributed by atoms with Crippen LogP contribution in [-0.2, 0) is 14.4 Å². The van der Waals surface area contributed by atoms with Gasteiger partial charge in [0, 0.05) is 0 Å². The van der Waals surface area contributed by atoms with Gasteiger partial charge in [0.2, 0.25) is 11.8 Å². The number of anilines is 1. The van der Waals surface area contributed by atoms with Crippen LogP contribution in [0.1, 0.15) is 6.92 Å². The van der Waals surface area contributed by atoms with E-state index in [0.29, 0.717) is 5.69 Å². The molecule has 1 heterocycles.